The van der Waals surface area contributed by atoms with Gasteiger partial charge in [-0.3, -0.25) is 9.69 Å². The van der Waals surface area contributed by atoms with Gasteiger partial charge in [-0.05, 0) is 24.7 Å². The van der Waals surface area contributed by atoms with Gasteiger partial charge in [-0.15, -0.1) is 0 Å². The number of piperidine rings is 1. The number of likely N-dealkylation sites (tertiary alicyclic amines) is 1. The van der Waals surface area contributed by atoms with Crippen LogP contribution in [0.3, 0.4) is 0 Å². The van der Waals surface area contributed by atoms with Gasteiger partial charge in [0.05, 0.1) is 13.2 Å². The fourth-order valence-corrected chi connectivity index (χ4v) is 2.72. The van der Waals surface area contributed by atoms with Gasteiger partial charge < -0.3 is 10.1 Å². The minimum absolute atomic E-state index is 0.0983. The zero-order chi connectivity index (χ0) is 15.2. The first-order chi connectivity index (χ1) is 9.34. The van der Waals surface area contributed by atoms with Gasteiger partial charge in [0.1, 0.15) is 0 Å². The molecule has 4 nitrogen and oxygen atoms in total. The van der Waals surface area contributed by atoms with Crippen molar-refractivity contribution in [1.82, 2.24) is 10.2 Å². The van der Waals surface area contributed by atoms with Gasteiger partial charge in [0, 0.05) is 25.7 Å². The molecule has 0 saturated carbocycles. The molecule has 1 N–H and O–H groups in total. The van der Waals surface area contributed by atoms with Crippen molar-refractivity contribution in [2.45, 2.75) is 53.5 Å². The van der Waals surface area contributed by atoms with Crippen molar-refractivity contribution in [3.05, 3.63) is 0 Å². The largest absolute Gasteiger partial charge is 0.465 e. The van der Waals surface area contributed by atoms with E-state index in [1.807, 2.05) is 6.92 Å². The minimum Gasteiger partial charge on any atom is -0.465 e. The second-order valence-corrected chi connectivity index (χ2v) is 7.15. The van der Waals surface area contributed by atoms with Crippen LogP contribution in [0, 0.1) is 11.3 Å². The van der Waals surface area contributed by atoms with Crippen LogP contribution in [0.5, 0.6) is 0 Å². The average Bonchev–Trinajstić information content (AvgIpc) is 2.35. The number of carbonyl (C=O) groups is 1. The first-order valence-corrected chi connectivity index (χ1v) is 7.95. The van der Waals surface area contributed by atoms with Crippen LogP contribution in [-0.4, -0.2) is 49.7 Å². The summed E-state index contributed by atoms with van der Waals surface area (Å²) in [5.74, 6) is 0.578. The Balaban J connectivity index is 2.49. The molecule has 1 aliphatic rings. The van der Waals surface area contributed by atoms with E-state index in [4.69, 9.17) is 4.74 Å². The Morgan fingerprint density at radius 1 is 1.30 bits per heavy atom. The van der Waals surface area contributed by atoms with E-state index in [0.29, 0.717) is 30.5 Å². The molecule has 2 unspecified atom stereocenters. The third-order valence-corrected chi connectivity index (χ3v) is 3.77. The van der Waals surface area contributed by atoms with Gasteiger partial charge in [0.2, 0.25) is 0 Å². The van der Waals surface area contributed by atoms with E-state index < -0.39 is 0 Å². The fraction of sp³-hybridized carbons (Fsp3) is 0.938. The highest BCUT2D eigenvalue weighted by atomic mass is 16.5. The minimum atomic E-state index is -0.0983. The van der Waals surface area contributed by atoms with Gasteiger partial charge in [-0.2, -0.15) is 0 Å². The smallest absolute Gasteiger partial charge is 0.320 e. The molecule has 0 amide bonds. The number of rotatable bonds is 6. The van der Waals surface area contributed by atoms with Crippen LogP contribution < -0.4 is 5.32 Å². The van der Waals surface area contributed by atoms with E-state index in [-0.39, 0.29) is 5.97 Å². The zero-order valence-electron chi connectivity index (χ0n) is 13.9. The molecule has 1 heterocycles. The molecule has 0 aromatic carbocycles. The molecule has 1 saturated heterocycles. The molecule has 0 aromatic rings. The van der Waals surface area contributed by atoms with E-state index >= 15 is 0 Å². The molecule has 4 heteroatoms. The van der Waals surface area contributed by atoms with Crippen molar-refractivity contribution < 1.29 is 9.53 Å². The molecule has 1 aliphatic heterocycles. The molecular formula is C16H32N2O2. The maximum Gasteiger partial charge on any atom is 0.320 e. The second-order valence-electron chi connectivity index (χ2n) is 7.15. The lowest BCUT2D eigenvalue weighted by Crippen LogP contribution is -2.51. The predicted molar refractivity (Wildman–Crippen MR) is 82.7 cm³/mol. The molecule has 1 fully saturated rings. The lowest BCUT2D eigenvalue weighted by Gasteiger charge is -2.38. The van der Waals surface area contributed by atoms with Crippen LogP contribution in [0.15, 0.2) is 0 Å². The topological polar surface area (TPSA) is 41.6 Å². The molecule has 2 atom stereocenters. The predicted octanol–water partition coefficient (Wildman–Crippen LogP) is 2.29. The van der Waals surface area contributed by atoms with Gasteiger partial charge in [0.25, 0.3) is 0 Å². The number of hydrogen-bond acceptors (Lipinski definition) is 4. The Hall–Kier alpha value is -0.610. The normalized spacial score (nSPS) is 24.6. The van der Waals surface area contributed by atoms with E-state index in [1.165, 1.54) is 12.8 Å². The van der Waals surface area contributed by atoms with Crippen molar-refractivity contribution in [3.8, 4) is 0 Å². The Kier molecular flexibility index (Phi) is 6.96. The fourth-order valence-electron chi connectivity index (χ4n) is 2.72. The van der Waals surface area contributed by atoms with E-state index in [9.17, 15) is 4.79 Å². The number of carbonyl (C=O) groups excluding carboxylic acids is 1. The molecule has 20 heavy (non-hydrogen) atoms. The summed E-state index contributed by atoms with van der Waals surface area (Å²) in [6, 6.07) is 0.488. The van der Waals surface area contributed by atoms with Crippen molar-refractivity contribution in [2.75, 3.05) is 32.8 Å². The quantitative estimate of drug-likeness (QED) is 0.760. The summed E-state index contributed by atoms with van der Waals surface area (Å²) in [5, 5.41) is 3.67. The lowest BCUT2D eigenvalue weighted by molar-refractivity contribution is -0.145. The molecule has 0 bridgehead atoms. The first-order valence-electron chi connectivity index (χ1n) is 7.95. The second kappa shape index (κ2) is 7.99. The van der Waals surface area contributed by atoms with Crippen molar-refractivity contribution in [3.63, 3.8) is 0 Å². The number of nitrogens with zero attached hydrogens (tertiary/aromatic N) is 1. The Labute approximate surface area is 124 Å². The summed E-state index contributed by atoms with van der Waals surface area (Å²) in [5.41, 5.74) is 0.297. The standard InChI is InChI=1S/C16H32N2O2/c1-6-13-8-14(17-12-16(3,4)5)10-18(9-13)11-15(19)20-7-2/h13-14,17H,6-12H2,1-5H3. The van der Waals surface area contributed by atoms with Gasteiger partial charge in [-0.25, -0.2) is 0 Å². The Morgan fingerprint density at radius 3 is 2.55 bits per heavy atom. The number of ether oxygens (including phenoxy) is 1. The van der Waals surface area contributed by atoms with Gasteiger partial charge in [0.15, 0.2) is 0 Å². The molecule has 1 rings (SSSR count). The van der Waals surface area contributed by atoms with Crippen LogP contribution >= 0.6 is 0 Å². The van der Waals surface area contributed by atoms with Crippen LogP contribution in [-0.2, 0) is 9.53 Å². The molecule has 0 aromatic heterocycles. The third-order valence-electron chi connectivity index (χ3n) is 3.77. The Morgan fingerprint density at radius 2 is 2.00 bits per heavy atom. The van der Waals surface area contributed by atoms with Gasteiger partial charge >= 0.3 is 5.97 Å². The molecule has 0 radical (unpaired) electrons. The maximum absolute atomic E-state index is 11.6. The Bertz CT molecular complexity index is 299. The number of esters is 1. The summed E-state index contributed by atoms with van der Waals surface area (Å²) in [6.07, 6.45) is 2.39. The van der Waals surface area contributed by atoms with Crippen molar-refractivity contribution in [2.24, 2.45) is 11.3 Å². The third kappa shape index (κ3) is 6.71. The highest BCUT2D eigenvalue weighted by Gasteiger charge is 2.28. The first kappa shape index (κ1) is 17.4. The van der Waals surface area contributed by atoms with E-state index in [0.717, 1.165) is 19.6 Å². The summed E-state index contributed by atoms with van der Waals surface area (Å²) in [6.45, 7) is 14.7. The average molecular weight is 284 g/mol. The summed E-state index contributed by atoms with van der Waals surface area (Å²) >= 11 is 0. The maximum atomic E-state index is 11.6. The van der Waals surface area contributed by atoms with Crippen molar-refractivity contribution in [1.29, 1.82) is 0 Å². The SMILES string of the molecule is CCOC(=O)CN1CC(CC)CC(NCC(C)(C)C)C1. The van der Waals surface area contributed by atoms with Crippen LogP contribution in [0.1, 0.15) is 47.5 Å². The molecular weight excluding hydrogens is 252 g/mol. The molecule has 0 spiro atoms. The van der Waals surface area contributed by atoms with Gasteiger partial charge in [-0.1, -0.05) is 34.1 Å². The monoisotopic (exact) mass is 284 g/mol. The summed E-state index contributed by atoms with van der Waals surface area (Å²) in [4.78, 5) is 13.9. The number of nitrogens with one attached hydrogen (secondary N) is 1. The summed E-state index contributed by atoms with van der Waals surface area (Å²) < 4.78 is 5.06. The molecule has 118 valence electrons. The highest BCUT2D eigenvalue weighted by molar-refractivity contribution is 5.71. The van der Waals surface area contributed by atoms with Crippen molar-refractivity contribution >= 4 is 5.97 Å². The molecule has 0 aliphatic carbocycles. The van der Waals surface area contributed by atoms with Crippen LogP contribution in [0.25, 0.3) is 0 Å². The van der Waals surface area contributed by atoms with Crippen LogP contribution in [0.2, 0.25) is 0 Å². The zero-order valence-corrected chi connectivity index (χ0v) is 13.9. The lowest BCUT2D eigenvalue weighted by atomic mass is 9.90. The highest BCUT2D eigenvalue weighted by Crippen LogP contribution is 2.21. The van der Waals surface area contributed by atoms with E-state index in [1.54, 1.807) is 0 Å². The number of hydrogen-bond donors (Lipinski definition) is 1. The van der Waals surface area contributed by atoms with Crippen LogP contribution in [0.4, 0.5) is 0 Å². The summed E-state index contributed by atoms with van der Waals surface area (Å²) in [7, 11) is 0. The van der Waals surface area contributed by atoms with E-state index in [2.05, 4.69) is 37.9 Å².